The van der Waals surface area contributed by atoms with Crippen molar-refractivity contribution in [1.29, 1.82) is 0 Å². The normalized spacial score (nSPS) is 24.5. The van der Waals surface area contributed by atoms with E-state index in [1.165, 1.54) is 37.8 Å². The Bertz CT molecular complexity index is 563. The molecule has 0 amide bonds. The summed E-state index contributed by atoms with van der Waals surface area (Å²) in [5.74, 6) is 1.66. The summed E-state index contributed by atoms with van der Waals surface area (Å²) in [5, 5.41) is 0.856. The molecule has 1 aliphatic rings. The minimum Gasteiger partial charge on any atom is -0.461 e. The molecule has 1 saturated carbocycles. The Morgan fingerprint density at radius 3 is 2.84 bits per heavy atom. The highest BCUT2D eigenvalue weighted by molar-refractivity contribution is 5.78. The zero-order valence-corrected chi connectivity index (χ0v) is 11.1. The van der Waals surface area contributed by atoms with Crippen LogP contribution in [0.25, 0.3) is 11.0 Å². The van der Waals surface area contributed by atoms with Gasteiger partial charge in [-0.3, -0.25) is 0 Å². The topological polar surface area (TPSA) is 39.2 Å². The van der Waals surface area contributed by atoms with Crippen LogP contribution in [0.2, 0.25) is 0 Å². The van der Waals surface area contributed by atoms with E-state index in [4.69, 9.17) is 10.2 Å². The van der Waals surface area contributed by atoms with Crippen LogP contribution in [0, 0.1) is 11.7 Å². The summed E-state index contributed by atoms with van der Waals surface area (Å²) in [4.78, 5) is 0. The minimum atomic E-state index is -0.212. The Kier molecular flexibility index (Phi) is 3.56. The molecule has 1 aromatic carbocycles. The molecule has 0 spiro atoms. The molecule has 1 aliphatic carbocycles. The summed E-state index contributed by atoms with van der Waals surface area (Å²) < 4.78 is 19.2. The maximum Gasteiger partial charge on any atom is 0.134 e. The van der Waals surface area contributed by atoms with Crippen LogP contribution in [0.5, 0.6) is 0 Å². The Hall–Kier alpha value is -1.35. The molecule has 2 N–H and O–H groups in total. The number of rotatable bonds is 2. The molecule has 1 aromatic heterocycles. The van der Waals surface area contributed by atoms with E-state index >= 15 is 0 Å². The quantitative estimate of drug-likeness (QED) is 0.823. The van der Waals surface area contributed by atoms with Crippen LogP contribution in [-0.2, 0) is 0 Å². The Morgan fingerprint density at radius 1 is 1.16 bits per heavy atom. The van der Waals surface area contributed by atoms with Crippen molar-refractivity contribution in [3.63, 3.8) is 0 Å². The molecular weight excluding hydrogens is 241 g/mol. The standard InChI is InChI=1S/C16H20FNO/c17-13-6-7-15-12(8-13)9-16(19-15)14-5-3-1-2-4-11(14)10-18/h6-9,11,14H,1-5,10,18H2. The van der Waals surface area contributed by atoms with Crippen LogP contribution >= 0.6 is 0 Å². The summed E-state index contributed by atoms with van der Waals surface area (Å²) in [6, 6.07) is 6.69. The third kappa shape index (κ3) is 2.52. The second-order valence-corrected chi connectivity index (χ2v) is 5.57. The van der Waals surface area contributed by atoms with Crippen LogP contribution in [0.1, 0.15) is 43.8 Å². The van der Waals surface area contributed by atoms with E-state index in [2.05, 4.69) is 0 Å². The Balaban J connectivity index is 1.96. The van der Waals surface area contributed by atoms with Gasteiger partial charge in [0.15, 0.2) is 0 Å². The van der Waals surface area contributed by atoms with Gasteiger partial charge in [-0.1, -0.05) is 19.3 Å². The second kappa shape index (κ2) is 5.33. The number of benzene rings is 1. The van der Waals surface area contributed by atoms with Gasteiger partial charge in [0.1, 0.15) is 17.2 Å². The lowest BCUT2D eigenvalue weighted by Crippen LogP contribution is -2.20. The maximum absolute atomic E-state index is 13.2. The number of hydrogen-bond acceptors (Lipinski definition) is 2. The lowest BCUT2D eigenvalue weighted by molar-refractivity contribution is 0.355. The fourth-order valence-corrected chi connectivity index (χ4v) is 3.26. The molecule has 2 aromatic rings. The predicted molar refractivity (Wildman–Crippen MR) is 74.5 cm³/mol. The van der Waals surface area contributed by atoms with Crippen LogP contribution in [-0.4, -0.2) is 6.54 Å². The molecule has 19 heavy (non-hydrogen) atoms. The first-order valence-corrected chi connectivity index (χ1v) is 7.17. The molecule has 1 heterocycles. The van der Waals surface area contributed by atoms with Crippen molar-refractivity contribution in [3.05, 3.63) is 35.8 Å². The highest BCUT2D eigenvalue weighted by atomic mass is 19.1. The highest BCUT2D eigenvalue weighted by Gasteiger charge is 2.26. The number of halogens is 1. The zero-order chi connectivity index (χ0) is 13.2. The molecular formula is C16H20FNO. The third-order valence-corrected chi connectivity index (χ3v) is 4.32. The van der Waals surface area contributed by atoms with E-state index < -0.39 is 0 Å². The van der Waals surface area contributed by atoms with Gasteiger partial charge in [-0.15, -0.1) is 0 Å². The van der Waals surface area contributed by atoms with Gasteiger partial charge in [-0.2, -0.15) is 0 Å². The van der Waals surface area contributed by atoms with Crippen LogP contribution in [0.4, 0.5) is 4.39 Å². The molecule has 2 unspecified atom stereocenters. The fraction of sp³-hybridized carbons (Fsp3) is 0.500. The maximum atomic E-state index is 13.2. The molecule has 0 bridgehead atoms. The molecule has 0 saturated heterocycles. The van der Waals surface area contributed by atoms with Gasteiger partial charge < -0.3 is 10.2 Å². The lowest BCUT2D eigenvalue weighted by Gasteiger charge is -2.21. The Labute approximate surface area is 112 Å². The van der Waals surface area contributed by atoms with Crippen molar-refractivity contribution >= 4 is 11.0 Å². The SMILES string of the molecule is NCC1CCCCCC1c1cc2cc(F)ccc2o1. The number of hydrogen-bond donors (Lipinski definition) is 1. The summed E-state index contributed by atoms with van der Waals surface area (Å²) in [6.07, 6.45) is 6.07. The molecule has 0 radical (unpaired) electrons. The predicted octanol–water partition coefficient (Wildman–Crippen LogP) is 4.19. The number of fused-ring (bicyclic) bond motifs is 1. The molecule has 3 heteroatoms. The lowest BCUT2D eigenvalue weighted by atomic mass is 9.86. The van der Waals surface area contributed by atoms with Crippen molar-refractivity contribution in [3.8, 4) is 0 Å². The molecule has 1 fully saturated rings. The van der Waals surface area contributed by atoms with Gasteiger partial charge in [0.25, 0.3) is 0 Å². The van der Waals surface area contributed by atoms with Crippen LogP contribution in [0.3, 0.4) is 0 Å². The van der Waals surface area contributed by atoms with Gasteiger partial charge >= 0.3 is 0 Å². The van der Waals surface area contributed by atoms with Crippen molar-refractivity contribution in [1.82, 2.24) is 0 Å². The largest absolute Gasteiger partial charge is 0.461 e. The van der Waals surface area contributed by atoms with E-state index in [0.717, 1.165) is 23.2 Å². The highest BCUT2D eigenvalue weighted by Crippen LogP contribution is 2.38. The summed E-state index contributed by atoms with van der Waals surface area (Å²) in [7, 11) is 0. The van der Waals surface area contributed by atoms with E-state index in [0.29, 0.717) is 18.4 Å². The first-order chi connectivity index (χ1) is 9.28. The summed E-state index contributed by atoms with van der Waals surface area (Å²) in [6.45, 7) is 0.704. The van der Waals surface area contributed by atoms with Gasteiger partial charge in [-0.05, 0) is 49.6 Å². The number of nitrogens with two attached hydrogens (primary N) is 1. The third-order valence-electron chi connectivity index (χ3n) is 4.32. The van der Waals surface area contributed by atoms with Gasteiger partial charge in [0.2, 0.25) is 0 Å². The summed E-state index contributed by atoms with van der Waals surface area (Å²) in [5.41, 5.74) is 6.69. The fourth-order valence-electron chi connectivity index (χ4n) is 3.26. The van der Waals surface area contributed by atoms with E-state index in [1.54, 1.807) is 6.07 Å². The first-order valence-electron chi connectivity index (χ1n) is 7.17. The Morgan fingerprint density at radius 2 is 2.00 bits per heavy atom. The molecule has 102 valence electrons. The average Bonchev–Trinajstić information content (AvgIpc) is 2.67. The van der Waals surface area contributed by atoms with E-state index in [9.17, 15) is 4.39 Å². The van der Waals surface area contributed by atoms with Crippen molar-refractivity contribution in [2.45, 2.75) is 38.0 Å². The van der Waals surface area contributed by atoms with Gasteiger partial charge in [0.05, 0.1) is 0 Å². The molecule has 2 atom stereocenters. The van der Waals surface area contributed by atoms with Crippen LogP contribution < -0.4 is 5.73 Å². The first kappa shape index (κ1) is 12.7. The van der Waals surface area contributed by atoms with Crippen molar-refractivity contribution in [2.24, 2.45) is 11.7 Å². The van der Waals surface area contributed by atoms with E-state index in [1.807, 2.05) is 6.07 Å². The van der Waals surface area contributed by atoms with Gasteiger partial charge in [0, 0.05) is 11.3 Å². The minimum absolute atomic E-state index is 0.212. The molecule has 2 nitrogen and oxygen atoms in total. The monoisotopic (exact) mass is 261 g/mol. The molecule has 3 rings (SSSR count). The van der Waals surface area contributed by atoms with Crippen molar-refractivity contribution in [2.75, 3.05) is 6.54 Å². The molecule has 0 aliphatic heterocycles. The van der Waals surface area contributed by atoms with Crippen molar-refractivity contribution < 1.29 is 8.81 Å². The van der Waals surface area contributed by atoms with E-state index in [-0.39, 0.29) is 5.82 Å². The van der Waals surface area contributed by atoms with Crippen LogP contribution in [0.15, 0.2) is 28.7 Å². The zero-order valence-electron chi connectivity index (χ0n) is 11.1. The van der Waals surface area contributed by atoms with Gasteiger partial charge in [-0.25, -0.2) is 4.39 Å². The smallest absolute Gasteiger partial charge is 0.134 e. The summed E-state index contributed by atoms with van der Waals surface area (Å²) >= 11 is 0. The number of furan rings is 1. The second-order valence-electron chi connectivity index (χ2n) is 5.57. The average molecular weight is 261 g/mol.